The van der Waals surface area contributed by atoms with Crippen LogP contribution in [0.2, 0.25) is 0 Å². The highest BCUT2D eigenvalue weighted by molar-refractivity contribution is 5.94. The van der Waals surface area contributed by atoms with Gasteiger partial charge in [0, 0.05) is 25.2 Å². The Morgan fingerprint density at radius 3 is 2.57 bits per heavy atom. The Bertz CT molecular complexity index is 784. The van der Waals surface area contributed by atoms with E-state index >= 15 is 0 Å². The zero-order valence-corrected chi connectivity index (χ0v) is 17.0. The zero-order valence-electron chi connectivity index (χ0n) is 17.0. The summed E-state index contributed by atoms with van der Waals surface area (Å²) in [4.78, 5) is 17.1. The number of nitrogens with zero attached hydrogens (tertiary/aromatic N) is 2. The molecule has 1 amide bonds. The van der Waals surface area contributed by atoms with Gasteiger partial charge in [-0.25, -0.2) is 4.39 Å². The fourth-order valence-corrected chi connectivity index (χ4v) is 4.03. The Morgan fingerprint density at radius 1 is 1.14 bits per heavy atom. The van der Waals surface area contributed by atoms with Crippen LogP contribution in [0.15, 0.2) is 48.5 Å². The predicted octanol–water partition coefficient (Wildman–Crippen LogP) is 4.55. The van der Waals surface area contributed by atoms with E-state index in [1.165, 1.54) is 23.3 Å². The maximum atomic E-state index is 13.4. The van der Waals surface area contributed by atoms with Gasteiger partial charge in [-0.3, -0.25) is 4.79 Å². The molecule has 2 aromatic rings. The number of carbonyl (C=O) groups is 1. The molecule has 0 N–H and O–H groups in total. The molecule has 0 aliphatic carbocycles. The molecule has 0 atom stereocenters. The van der Waals surface area contributed by atoms with Crippen molar-refractivity contribution >= 4 is 5.91 Å². The normalized spacial score (nSPS) is 15.5. The molecule has 4 heteroatoms. The van der Waals surface area contributed by atoms with Gasteiger partial charge in [0.15, 0.2) is 0 Å². The van der Waals surface area contributed by atoms with Crippen LogP contribution in [0, 0.1) is 18.7 Å². The van der Waals surface area contributed by atoms with E-state index in [1.807, 2.05) is 11.8 Å². The van der Waals surface area contributed by atoms with Crippen molar-refractivity contribution in [3.05, 3.63) is 71.0 Å². The van der Waals surface area contributed by atoms with E-state index in [9.17, 15) is 9.18 Å². The van der Waals surface area contributed by atoms with E-state index in [0.29, 0.717) is 18.0 Å². The smallest absolute Gasteiger partial charge is 0.253 e. The van der Waals surface area contributed by atoms with E-state index in [4.69, 9.17) is 0 Å². The van der Waals surface area contributed by atoms with Crippen LogP contribution < -0.4 is 0 Å². The second kappa shape index (κ2) is 9.83. The minimum atomic E-state index is -0.358. The maximum Gasteiger partial charge on any atom is 0.253 e. The van der Waals surface area contributed by atoms with Crippen LogP contribution in [0.25, 0.3) is 0 Å². The molecule has 3 nitrogen and oxygen atoms in total. The summed E-state index contributed by atoms with van der Waals surface area (Å²) in [5.41, 5.74) is 3.24. The Balaban J connectivity index is 1.47. The molecule has 28 heavy (non-hydrogen) atoms. The van der Waals surface area contributed by atoms with Gasteiger partial charge in [0.25, 0.3) is 5.91 Å². The van der Waals surface area contributed by atoms with Crippen molar-refractivity contribution in [2.75, 3.05) is 32.7 Å². The number of amides is 1. The molecule has 3 rings (SSSR count). The second-order valence-corrected chi connectivity index (χ2v) is 7.82. The van der Waals surface area contributed by atoms with Crippen molar-refractivity contribution in [3.63, 3.8) is 0 Å². The van der Waals surface area contributed by atoms with E-state index in [1.54, 1.807) is 12.1 Å². The first-order valence-electron chi connectivity index (χ1n) is 10.4. The first kappa shape index (κ1) is 20.5. The Kier molecular flexibility index (Phi) is 7.21. The van der Waals surface area contributed by atoms with E-state index in [2.05, 4.69) is 36.1 Å². The molecule has 1 saturated heterocycles. The van der Waals surface area contributed by atoms with Crippen molar-refractivity contribution < 1.29 is 9.18 Å². The minimum Gasteiger partial charge on any atom is -0.339 e. The molecule has 0 unspecified atom stereocenters. The highest BCUT2D eigenvalue weighted by Crippen LogP contribution is 2.20. The van der Waals surface area contributed by atoms with Gasteiger partial charge in [-0.15, -0.1) is 0 Å². The lowest BCUT2D eigenvalue weighted by molar-refractivity contribution is 0.0701. The lowest BCUT2D eigenvalue weighted by Crippen LogP contribution is -2.41. The van der Waals surface area contributed by atoms with Crippen molar-refractivity contribution in [1.29, 1.82) is 0 Å². The standard InChI is InChI=1S/C24H31FN2O/c1-3-27(24(28)22-9-6-10-23(25)17-22)18-20-11-14-26(15-12-20)16-13-21-8-5-4-7-19(21)2/h4-10,17,20H,3,11-16,18H2,1-2H3. The lowest BCUT2D eigenvalue weighted by Gasteiger charge is -2.34. The number of benzene rings is 2. The molecule has 0 spiro atoms. The number of piperidine rings is 1. The molecule has 0 saturated carbocycles. The van der Waals surface area contributed by atoms with Crippen LogP contribution in [0.4, 0.5) is 4.39 Å². The largest absolute Gasteiger partial charge is 0.339 e. The Morgan fingerprint density at radius 2 is 1.89 bits per heavy atom. The van der Waals surface area contributed by atoms with E-state index < -0.39 is 0 Å². The highest BCUT2D eigenvalue weighted by atomic mass is 19.1. The van der Waals surface area contributed by atoms with Crippen LogP contribution in [0.1, 0.15) is 41.3 Å². The molecule has 1 heterocycles. The van der Waals surface area contributed by atoms with Gasteiger partial charge in [-0.05, 0) is 81.4 Å². The summed E-state index contributed by atoms with van der Waals surface area (Å²) in [6.07, 6.45) is 3.32. The number of likely N-dealkylation sites (tertiary alicyclic amines) is 1. The first-order valence-corrected chi connectivity index (χ1v) is 10.4. The van der Waals surface area contributed by atoms with Crippen molar-refractivity contribution in [2.45, 2.75) is 33.1 Å². The molecule has 1 fully saturated rings. The average molecular weight is 383 g/mol. The SMILES string of the molecule is CCN(CC1CCN(CCc2ccccc2C)CC1)C(=O)c1cccc(F)c1. The Labute approximate surface area is 168 Å². The number of aryl methyl sites for hydroxylation is 1. The lowest BCUT2D eigenvalue weighted by atomic mass is 9.95. The number of halogens is 1. The molecular formula is C24H31FN2O. The van der Waals surface area contributed by atoms with Crippen molar-refractivity contribution in [2.24, 2.45) is 5.92 Å². The number of hydrogen-bond acceptors (Lipinski definition) is 2. The summed E-state index contributed by atoms with van der Waals surface area (Å²) in [6, 6.07) is 14.6. The summed E-state index contributed by atoms with van der Waals surface area (Å²) >= 11 is 0. The van der Waals surface area contributed by atoms with Gasteiger partial charge in [-0.1, -0.05) is 30.3 Å². The van der Waals surface area contributed by atoms with Crippen molar-refractivity contribution in [3.8, 4) is 0 Å². The zero-order chi connectivity index (χ0) is 19.9. The molecule has 2 aromatic carbocycles. The van der Waals surface area contributed by atoms with Crippen LogP contribution in [0.5, 0.6) is 0 Å². The van der Waals surface area contributed by atoms with E-state index in [0.717, 1.165) is 45.4 Å². The van der Waals surface area contributed by atoms with Gasteiger partial charge in [0.2, 0.25) is 0 Å². The van der Waals surface area contributed by atoms with Crippen LogP contribution in [-0.2, 0) is 6.42 Å². The third-order valence-corrected chi connectivity index (χ3v) is 5.88. The third kappa shape index (κ3) is 5.41. The summed E-state index contributed by atoms with van der Waals surface area (Å²) < 4.78 is 13.4. The van der Waals surface area contributed by atoms with Crippen LogP contribution in [-0.4, -0.2) is 48.4 Å². The Hall–Kier alpha value is -2.20. The van der Waals surface area contributed by atoms with Gasteiger partial charge >= 0.3 is 0 Å². The van der Waals surface area contributed by atoms with Gasteiger partial charge in [0.05, 0.1) is 0 Å². The topological polar surface area (TPSA) is 23.6 Å². The van der Waals surface area contributed by atoms with Crippen molar-refractivity contribution in [1.82, 2.24) is 9.80 Å². The molecule has 150 valence electrons. The summed E-state index contributed by atoms with van der Waals surface area (Å²) in [5, 5.41) is 0. The molecule has 0 aromatic heterocycles. The summed E-state index contributed by atoms with van der Waals surface area (Å²) in [7, 11) is 0. The average Bonchev–Trinajstić information content (AvgIpc) is 2.72. The quantitative estimate of drug-likeness (QED) is 0.701. The second-order valence-electron chi connectivity index (χ2n) is 7.82. The van der Waals surface area contributed by atoms with Crippen LogP contribution >= 0.6 is 0 Å². The van der Waals surface area contributed by atoms with Gasteiger partial charge < -0.3 is 9.80 Å². The summed E-state index contributed by atoms with van der Waals surface area (Å²) in [6.45, 7) is 8.85. The monoisotopic (exact) mass is 382 g/mol. The molecular weight excluding hydrogens is 351 g/mol. The third-order valence-electron chi connectivity index (χ3n) is 5.88. The molecule has 0 bridgehead atoms. The first-order chi connectivity index (χ1) is 13.6. The number of rotatable bonds is 7. The fraction of sp³-hybridized carbons (Fsp3) is 0.458. The molecule has 1 aliphatic rings. The summed E-state index contributed by atoms with van der Waals surface area (Å²) in [5.74, 6) is 0.0972. The number of hydrogen-bond donors (Lipinski definition) is 0. The number of carbonyl (C=O) groups excluding carboxylic acids is 1. The van der Waals surface area contributed by atoms with Gasteiger partial charge in [0.1, 0.15) is 5.82 Å². The fourth-order valence-electron chi connectivity index (χ4n) is 4.03. The van der Waals surface area contributed by atoms with Gasteiger partial charge in [-0.2, -0.15) is 0 Å². The highest BCUT2D eigenvalue weighted by Gasteiger charge is 2.23. The molecule has 1 aliphatic heterocycles. The molecule has 0 radical (unpaired) electrons. The van der Waals surface area contributed by atoms with Crippen LogP contribution in [0.3, 0.4) is 0 Å². The maximum absolute atomic E-state index is 13.4. The predicted molar refractivity (Wildman–Crippen MR) is 112 cm³/mol. The minimum absolute atomic E-state index is 0.0658. The van der Waals surface area contributed by atoms with E-state index in [-0.39, 0.29) is 11.7 Å².